The van der Waals surface area contributed by atoms with Crippen LogP contribution in [0.15, 0.2) is 12.2 Å². The van der Waals surface area contributed by atoms with Crippen LogP contribution in [0.2, 0.25) is 0 Å². The van der Waals surface area contributed by atoms with Crippen LogP contribution in [0.5, 0.6) is 0 Å². The molecule has 11 heavy (non-hydrogen) atoms. The minimum absolute atomic E-state index is 0.115. The van der Waals surface area contributed by atoms with E-state index in [4.69, 9.17) is 0 Å². The van der Waals surface area contributed by atoms with Gasteiger partial charge in [-0.3, -0.25) is 0 Å². The summed E-state index contributed by atoms with van der Waals surface area (Å²) in [5.74, 6) is 0.408. The molecular formula is C10H20O. The quantitative estimate of drug-likeness (QED) is 0.607. The average molecular weight is 156 g/mol. The summed E-state index contributed by atoms with van der Waals surface area (Å²) in [6, 6.07) is 0. The summed E-state index contributed by atoms with van der Waals surface area (Å²) in [5.41, 5.74) is 0. The Bertz CT molecular complexity index is 107. The number of hydrogen-bond donors (Lipinski definition) is 1. The molecule has 1 N–H and O–H groups in total. The minimum atomic E-state index is -0.115. The van der Waals surface area contributed by atoms with Crippen LogP contribution >= 0.6 is 0 Å². The van der Waals surface area contributed by atoms with E-state index in [2.05, 4.69) is 19.9 Å². The Morgan fingerprint density at radius 1 is 1.45 bits per heavy atom. The van der Waals surface area contributed by atoms with E-state index < -0.39 is 0 Å². The molecule has 0 aliphatic rings. The number of hydrogen-bond acceptors (Lipinski definition) is 1. The maximum Gasteiger partial charge on any atom is 0.0568 e. The largest absolute Gasteiger partial charge is 0.393 e. The summed E-state index contributed by atoms with van der Waals surface area (Å²) >= 11 is 0. The monoisotopic (exact) mass is 156 g/mol. The highest BCUT2D eigenvalue weighted by molar-refractivity contribution is 4.81. The first-order valence-electron chi connectivity index (χ1n) is 4.51. The van der Waals surface area contributed by atoms with Crippen LogP contribution in [-0.2, 0) is 0 Å². The van der Waals surface area contributed by atoms with Crippen molar-refractivity contribution in [2.45, 2.75) is 46.1 Å². The highest BCUT2D eigenvalue weighted by Crippen LogP contribution is 2.13. The first-order chi connectivity index (χ1) is 5.22. The Labute approximate surface area is 70.1 Å². The lowest BCUT2D eigenvalue weighted by Crippen LogP contribution is -2.16. The molecule has 0 rings (SSSR count). The molecule has 1 heteroatoms. The van der Waals surface area contributed by atoms with Crippen molar-refractivity contribution >= 4 is 0 Å². The molecule has 0 saturated heterocycles. The van der Waals surface area contributed by atoms with E-state index in [9.17, 15) is 5.11 Å². The van der Waals surface area contributed by atoms with Gasteiger partial charge in [0.25, 0.3) is 0 Å². The van der Waals surface area contributed by atoms with Crippen molar-refractivity contribution in [2.24, 2.45) is 5.92 Å². The molecular weight excluding hydrogens is 136 g/mol. The first kappa shape index (κ1) is 10.7. The van der Waals surface area contributed by atoms with Gasteiger partial charge < -0.3 is 5.11 Å². The molecule has 0 amide bonds. The van der Waals surface area contributed by atoms with Gasteiger partial charge in [-0.05, 0) is 25.7 Å². The topological polar surface area (TPSA) is 20.2 Å². The second-order valence-electron chi connectivity index (χ2n) is 3.14. The third kappa shape index (κ3) is 5.02. The lowest BCUT2D eigenvalue weighted by molar-refractivity contribution is 0.108. The fourth-order valence-corrected chi connectivity index (χ4v) is 1.09. The third-order valence-electron chi connectivity index (χ3n) is 1.98. The van der Waals surface area contributed by atoms with Gasteiger partial charge in [-0.2, -0.15) is 0 Å². The Hall–Kier alpha value is -0.300. The van der Waals surface area contributed by atoms with Crippen LogP contribution in [0.1, 0.15) is 40.0 Å². The van der Waals surface area contributed by atoms with Gasteiger partial charge in [0, 0.05) is 0 Å². The van der Waals surface area contributed by atoms with Crippen LogP contribution in [-0.4, -0.2) is 11.2 Å². The van der Waals surface area contributed by atoms with E-state index in [0.717, 1.165) is 19.3 Å². The molecule has 0 heterocycles. The van der Waals surface area contributed by atoms with E-state index in [1.165, 1.54) is 0 Å². The molecule has 0 aromatic rings. The van der Waals surface area contributed by atoms with Gasteiger partial charge in [-0.25, -0.2) is 0 Å². The predicted molar refractivity (Wildman–Crippen MR) is 49.5 cm³/mol. The molecule has 66 valence electrons. The molecule has 0 aromatic carbocycles. The van der Waals surface area contributed by atoms with Crippen LogP contribution in [0, 0.1) is 5.92 Å². The second-order valence-corrected chi connectivity index (χ2v) is 3.14. The van der Waals surface area contributed by atoms with Gasteiger partial charge in [-0.1, -0.05) is 32.4 Å². The molecule has 0 spiro atoms. The van der Waals surface area contributed by atoms with Crippen molar-refractivity contribution in [1.82, 2.24) is 0 Å². The molecule has 0 aliphatic heterocycles. The summed E-state index contributed by atoms with van der Waals surface area (Å²) in [7, 11) is 0. The third-order valence-corrected chi connectivity index (χ3v) is 1.98. The zero-order valence-corrected chi connectivity index (χ0v) is 7.88. The maximum atomic E-state index is 9.51. The highest BCUT2D eigenvalue weighted by Gasteiger charge is 2.10. The molecule has 0 bridgehead atoms. The number of allylic oxidation sites excluding steroid dienone is 2. The Morgan fingerprint density at radius 2 is 2.09 bits per heavy atom. The van der Waals surface area contributed by atoms with Gasteiger partial charge in [-0.15, -0.1) is 0 Å². The molecule has 0 aliphatic carbocycles. The predicted octanol–water partition coefficient (Wildman–Crippen LogP) is 2.75. The first-order valence-corrected chi connectivity index (χ1v) is 4.51. The average Bonchev–Trinajstić information content (AvgIpc) is 2.00. The minimum Gasteiger partial charge on any atom is -0.393 e. The molecule has 1 nitrogen and oxygen atoms in total. The van der Waals surface area contributed by atoms with Crippen molar-refractivity contribution in [2.75, 3.05) is 0 Å². The van der Waals surface area contributed by atoms with E-state index in [0.29, 0.717) is 5.92 Å². The molecule has 0 aromatic heterocycles. The van der Waals surface area contributed by atoms with Gasteiger partial charge in [0.2, 0.25) is 0 Å². The van der Waals surface area contributed by atoms with E-state index in [-0.39, 0.29) is 6.10 Å². The number of aliphatic hydroxyl groups excluding tert-OH is 1. The summed E-state index contributed by atoms with van der Waals surface area (Å²) in [6.45, 7) is 6.21. The zero-order valence-electron chi connectivity index (χ0n) is 7.88. The van der Waals surface area contributed by atoms with Crippen molar-refractivity contribution in [3.63, 3.8) is 0 Å². The van der Waals surface area contributed by atoms with Gasteiger partial charge >= 0.3 is 0 Å². The van der Waals surface area contributed by atoms with Crippen LogP contribution in [0.4, 0.5) is 0 Å². The molecule has 0 fully saturated rings. The van der Waals surface area contributed by atoms with Crippen molar-refractivity contribution < 1.29 is 5.11 Å². The van der Waals surface area contributed by atoms with Gasteiger partial charge in [0.05, 0.1) is 6.10 Å². The molecule has 0 unspecified atom stereocenters. The van der Waals surface area contributed by atoms with Crippen molar-refractivity contribution in [3.05, 3.63) is 12.2 Å². The van der Waals surface area contributed by atoms with Crippen molar-refractivity contribution in [3.8, 4) is 0 Å². The number of rotatable bonds is 5. The lowest BCUT2D eigenvalue weighted by Gasteiger charge is -2.15. The smallest absolute Gasteiger partial charge is 0.0568 e. The van der Waals surface area contributed by atoms with E-state index >= 15 is 0 Å². The molecule has 0 radical (unpaired) electrons. The van der Waals surface area contributed by atoms with E-state index in [1.807, 2.05) is 13.0 Å². The zero-order chi connectivity index (χ0) is 8.69. The van der Waals surface area contributed by atoms with E-state index in [1.54, 1.807) is 0 Å². The van der Waals surface area contributed by atoms with Crippen LogP contribution in [0.3, 0.4) is 0 Å². The second kappa shape index (κ2) is 6.41. The fourth-order valence-electron chi connectivity index (χ4n) is 1.09. The standard InChI is InChI=1S/C10H20O/c1-4-6-8-9(3)10(11)7-5-2/h4,6,9-11H,5,7-8H2,1-3H3/b6-4+/t9-,10+/m1/s1. The Morgan fingerprint density at radius 3 is 2.55 bits per heavy atom. The summed E-state index contributed by atoms with van der Waals surface area (Å²) < 4.78 is 0. The maximum absolute atomic E-state index is 9.51. The van der Waals surface area contributed by atoms with Crippen molar-refractivity contribution in [1.29, 1.82) is 0 Å². The van der Waals surface area contributed by atoms with Gasteiger partial charge in [0.15, 0.2) is 0 Å². The summed E-state index contributed by atoms with van der Waals surface area (Å²) in [6.07, 6.45) is 7.03. The fraction of sp³-hybridized carbons (Fsp3) is 0.800. The summed E-state index contributed by atoms with van der Waals surface area (Å²) in [4.78, 5) is 0. The summed E-state index contributed by atoms with van der Waals surface area (Å²) in [5, 5.41) is 9.51. The molecule has 2 atom stereocenters. The van der Waals surface area contributed by atoms with Crippen LogP contribution < -0.4 is 0 Å². The van der Waals surface area contributed by atoms with Gasteiger partial charge in [0.1, 0.15) is 0 Å². The number of aliphatic hydroxyl groups is 1. The normalized spacial score (nSPS) is 17.1. The lowest BCUT2D eigenvalue weighted by atomic mass is 9.97. The SMILES string of the molecule is C/C=C/C[C@@H](C)[C@@H](O)CCC. The molecule has 0 saturated carbocycles. The van der Waals surface area contributed by atoms with Crippen LogP contribution in [0.25, 0.3) is 0 Å². The highest BCUT2D eigenvalue weighted by atomic mass is 16.3. The Balaban J connectivity index is 3.54. The Kier molecular flexibility index (Phi) is 6.24.